The summed E-state index contributed by atoms with van der Waals surface area (Å²) in [4.78, 5) is 14.4. The molecule has 0 spiro atoms. The molecule has 0 aromatic rings. The zero-order chi connectivity index (χ0) is 14.0. The van der Waals surface area contributed by atoms with Crippen LogP contribution in [0.5, 0.6) is 0 Å². The predicted molar refractivity (Wildman–Crippen MR) is 77.9 cm³/mol. The molecule has 0 aromatic heterocycles. The number of primary amides is 1. The molecule has 0 radical (unpaired) electrons. The van der Waals surface area contributed by atoms with E-state index in [0.717, 1.165) is 19.3 Å². The number of nitrogens with two attached hydrogens (primary N) is 1. The highest BCUT2D eigenvalue weighted by molar-refractivity contribution is 5.85. The number of amides is 1. The topological polar surface area (TPSA) is 58.4 Å². The quantitative estimate of drug-likeness (QED) is 0.796. The van der Waals surface area contributed by atoms with Gasteiger partial charge in [-0.15, -0.1) is 0 Å². The first-order chi connectivity index (χ1) is 8.94. The van der Waals surface area contributed by atoms with Gasteiger partial charge < -0.3 is 16.0 Å². The normalized spacial score (nSPS) is 32.6. The summed E-state index contributed by atoms with van der Waals surface area (Å²) in [6, 6.07) is 1.51. The lowest BCUT2D eigenvalue weighted by molar-refractivity contribution is -0.124. The van der Waals surface area contributed by atoms with Gasteiger partial charge in [-0.25, -0.2) is 0 Å². The van der Waals surface area contributed by atoms with Gasteiger partial charge in [-0.3, -0.25) is 4.79 Å². The molecule has 0 aliphatic heterocycles. The molecule has 0 heterocycles. The smallest absolute Gasteiger partial charge is 0.237 e. The fourth-order valence-electron chi connectivity index (χ4n) is 3.96. The van der Waals surface area contributed by atoms with Gasteiger partial charge in [-0.1, -0.05) is 12.8 Å². The van der Waals surface area contributed by atoms with E-state index < -0.39 is 5.54 Å². The molecule has 1 amide bonds. The van der Waals surface area contributed by atoms with Gasteiger partial charge in [0, 0.05) is 18.1 Å². The zero-order valence-corrected chi connectivity index (χ0v) is 12.6. The number of nitrogens with zero attached hydrogens (tertiary/aromatic N) is 1. The Labute approximate surface area is 117 Å². The highest BCUT2D eigenvalue weighted by Gasteiger charge is 2.46. The maximum atomic E-state index is 11.9. The van der Waals surface area contributed by atoms with Crippen LogP contribution in [-0.4, -0.2) is 41.5 Å². The van der Waals surface area contributed by atoms with Crippen molar-refractivity contribution in [1.82, 2.24) is 10.2 Å². The Morgan fingerprint density at radius 1 is 1.26 bits per heavy atom. The van der Waals surface area contributed by atoms with Crippen molar-refractivity contribution >= 4 is 5.91 Å². The standard InChI is InChI=1S/C15H29N3O/c1-11(2)17-15(14(16)19)9-8-13(10-15)18(3)12-6-4-5-7-12/h11-13,17H,4-10H2,1-3H3,(H2,16,19). The van der Waals surface area contributed by atoms with Gasteiger partial charge in [-0.05, 0) is 53.0 Å². The van der Waals surface area contributed by atoms with E-state index in [1.807, 2.05) is 0 Å². The summed E-state index contributed by atoms with van der Waals surface area (Å²) in [5, 5.41) is 3.43. The van der Waals surface area contributed by atoms with Gasteiger partial charge in [0.25, 0.3) is 0 Å². The number of carbonyl (C=O) groups is 1. The molecule has 2 atom stereocenters. The van der Waals surface area contributed by atoms with E-state index in [2.05, 4.69) is 31.1 Å². The summed E-state index contributed by atoms with van der Waals surface area (Å²) in [7, 11) is 2.23. The van der Waals surface area contributed by atoms with Crippen molar-refractivity contribution in [3.63, 3.8) is 0 Å². The van der Waals surface area contributed by atoms with Crippen LogP contribution < -0.4 is 11.1 Å². The third-order valence-corrected chi connectivity index (χ3v) is 5.00. The van der Waals surface area contributed by atoms with Gasteiger partial charge in [0.1, 0.15) is 0 Å². The largest absolute Gasteiger partial charge is 0.368 e. The van der Waals surface area contributed by atoms with Crippen molar-refractivity contribution in [2.24, 2.45) is 5.73 Å². The molecule has 4 nitrogen and oxygen atoms in total. The Hall–Kier alpha value is -0.610. The molecule has 0 saturated heterocycles. The van der Waals surface area contributed by atoms with Gasteiger partial charge in [0.05, 0.1) is 5.54 Å². The highest BCUT2D eigenvalue weighted by Crippen LogP contribution is 2.36. The summed E-state index contributed by atoms with van der Waals surface area (Å²) in [5.41, 5.74) is 5.20. The van der Waals surface area contributed by atoms with Crippen molar-refractivity contribution in [2.45, 2.75) is 82.5 Å². The SMILES string of the molecule is CC(C)NC1(C(N)=O)CCC(N(C)C2CCCC2)C1. The molecular formula is C15H29N3O. The van der Waals surface area contributed by atoms with Crippen molar-refractivity contribution < 1.29 is 4.79 Å². The van der Waals surface area contributed by atoms with Gasteiger partial charge in [-0.2, -0.15) is 0 Å². The van der Waals surface area contributed by atoms with E-state index in [1.165, 1.54) is 25.7 Å². The second kappa shape index (κ2) is 5.80. The molecule has 2 aliphatic rings. The molecule has 2 saturated carbocycles. The van der Waals surface area contributed by atoms with Crippen LogP contribution in [0.2, 0.25) is 0 Å². The third-order valence-electron chi connectivity index (χ3n) is 5.00. The molecule has 4 heteroatoms. The van der Waals surface area contributed by atoms with Crippen molar-refractivity contribution in [3.8, 4) is 0 Å². The minimum absolute atomic E-state index is 0.177. The molecule has 2 rings (SSSR count). The second-order valence-electron chi connectivity index (χ2n) is 6.75. The molecule has 0 bridgehead atoms. The van der Waals surface area contributed by atoms with Gasteiger partial charge in [0.2, 0.25) is 5.91 Å². The fraction of sp³-hybridized carbons (Fsp3) is 0.933. The summed E-state index contributed by atoms with van der Waals surface area (Å²) in [6.07, 6.45) is 8.16. The van der Waals surface area contributed by atoms with E-state index in [1.54, 1.807) is 0 Å². The van der Waals surface area contributed by atoms with Crippen molar-refractivity contribution in [1.29, 1.82) is 0 Å². The van der Waals surface area contributed by atoms with Crippen LogP contribution >= 0.6 is 0 Å². The maximum Gasteiger partial charge on any atom is 0.237 e. The number of hydrogen-bond donors (Lipinski definition) is 2. The Balaban J connectivity index is 2.01. The molecule has 3 N–H and O–H groups in total. The van der Waals surface area contributed by atoms with Crippen LogP contribution in [0.3, 0.4) is 0 Å². The summed E-state index contributed by atoms with van der Waals surface area (Å²) >= 11 is 0. The fourth-order valence-corrected chi connectivity index (χ4v) is 3.96. The second-order valence-corrected chi connectivity index (χ2v) is 6.75. The first-order valence-corrected chi connectivity index (χ1v) is 7.74. The molecule has 110 valence electrons. The van der Waals surface area contributed by atoms with Gasteiger partial charge >= 0.3 is 0 Å². The zero-order valence-electron chi connectivity index (χ0n) is 12.6. The molecule has 19 heavy (non-hydrogen) atoms. The first kappa shape index (κ1) is 14.8. The van der Waals surface area contributed by atoms with Crippen molar-refractivity contribution in [2.75, 3.05) is 7.05 Å². The van der Waals surface area contributed by atoms with E-state index in [9.17, 15) is 4.79 Å². The summed E-state index contributed by atoms with van der Waals surface area (Å²) in [6.45, 7) is 4.16. The van der Waals surface area contributed by atoms with Crippen LogP contribution in [0.25, 0.3) is 0 Å². The third kappa shape index (κ3) is 3.11. The molecule has 2 aliphatic carbocycles. The highest BCUT2D eigenvalue weighted by atomic mass is 16.1. The predicted octanol–water partition coefficient (Wildman–Crippen LogP) is 1.64. The molecule has 2 unspecified atom stereocenters. The Morgan fingerprint density at radius 3 is 2.42 bits per heavy atom. The summed E-state index contributed by atoms with van der Waals surface area (Å²) in [5.74, 6) is -0.177. The molecular weight excluding hydrogens is 238 g/mol. The minimum Gasteiger partial charge on any atom is -0.368 e. The summed E-state index contributed by atoms with van der Waals surface area (Å²) < 4.78 is 0. The van der Waals surface area contributed by atoms with Crippen molar-refractivity contribution in [3.05, 3.63) is 0 Å². The minimum atomic E-state index is -0.480. The van der Waals surface area contributed by atoms with Crippen LogP contribution in [0.4, 0.5) is 0 Å². The van der Waals surface area contributed by atoms with Crippen LogP contribution in [0, 0.1) is 0 Å². The lowest BCUT2D eigenvalue weighted by Gasteiger charge is -2.33. The number of nitrogens with one attached hydrogen (secondary N) is 1. The number of rotatable bonds is 5. The molecule has 0 aromatic carbocycles. The number of hydrogen-bond acceptors (Lipinski definition) is 3. The van der Waals surface area contributed by atoms with Crippen LogP contribution in [0.1, 0.15) is 58.8 Å². The average molecular weight is 267 g/mol. The maximum absolute atomic E-state index is 11.9. The molecule has 2 fully saturated rings. The van der Waals surface area contributed by atoms with Crippen LogP contribution in [-0.2, 0) is 4.79 Å². The number of carbonyl (C=O) groups excluding carboxylic acids is 1. The van der Waals surface area contributed by atoms with Crippen LogP contribution in [0.15, 0.2) is 0 Å². The monoisotopic (exact) mass is 267 g/mol. The average Bonchev–Trinajstić information content (AvgIpc) is 2.96. The van der Waals surface area contributed by atoms with E-state index in [0.29, 0.717) is 18.1 Å². The van der Waals surface area contributed by atoms with E-state index in [4.69, 9.17) is 5.73 Å². The lowest BCUT2D eigenvalue weighted by atomic mass is 9.95. The Bertz CT molecular complexity index is 325. The van der Waals surface area contributed by atoms with E-state index >= 15 is 0 Å². The lowest BCUT2D eigenvalue weighted by Crippen LogP contribution is -2.57. The van der Waals surface area contributed by atoms with E-state index in [-0.39, 0.29) is 5.91 Å². The first-order valence-electron chi connectivity index (χ1n) is 7.74. The van der Waals surface area contributed by atoms with Gasteiger partial charge in [0.15, 0.2) is 0 Å². The Morgan fingerprint density at radius 2 is 1.89 bits per heavy atom. The Kier molecular flexibility index (Phi) is 4.51.